The van der Waals surface area contributed by atoms with Crippen molar-refractivity contribution < 1.29 is 29.2 Å². The van der Waals surface area contributed by atoms with Gasteiger partial charge in [-0.2, -0.15) is 0 Å². The van der Waals surface area contributed by atoms with Crippen LogP contribution in [-0.4, -0.2) is 75.2 Å². The van der Waals surface area contributed by atoms with Gasteiger partial charge >= 0.3 is 0 Å². The number of carbonyl (C=O) groups excluding carboxylic acids is 1. The number of carbonyl (C=O) groups is 1. The molecule has 1 amide bonds. The molecular weight excluding hydrogens is 1120 g/mol. The monoisotopic (exact) mass is 1200 g/mol. The first-order valence-electron chi connectivity index (χ1n) is 26.5. The Morgan fingerprint density at radius 3 is 1.61 bits per heavy atom. The van der Waals surface area contributed by atoms with Gasteiger partial charge in [0.25, 0.3) is 0 Å². The quantitative estimate of drug-likeness (QED) is 0.0486. The summed E-state index contributed by atoms with van der Waals surface area (Å²) >= 11 is 0. The standard InChI is InChI=1S/C43H55N7O.2C8H10N4.Os/c1-4-36(33-40(38-17-24-45-25-18-38)32-34(2)37-15-22-44-23-16-37)39-19-29-49(30-20-39)27-10-7-14-42(51)46-21-8-5-6-9-28-50-31-26-47-43(50)41-13-11-12-35(3)48-41;2*1-11-5-3-9-7(11)8-10-4-6-12(8)2;/h11-13,15-20,22-26,29-31,34,36,40H,4-10,14,21,27-28,32-33H2,1-3H3;2*3-6H,1-2H3;/p+1. The zero-order valence-corrected chi connectivity index (χ0v) is 47.9. The van der Waals surface area contributed by atoms with Crippen molar-refractivity contribution in [2.24, 2.45) is 28.2 Å². The Labute approximate surface area is 462 Å². The molecule has 9 heterocycles. The molecule has 0 aliphatic rings. The number of amides is 1. The van der Waals surface area contributed by atoms with E-state index >= 15 is 0 Å². The number of rotatable bonds is 23. The van der Waals surface area contributed by atoms with E-state index in [0.717, 1.165) is 118 Å². The molecule has 0 fully saturated rings. The van der Waals surface area contributed by atoms with Gasteiger partial charge in [-0.25, -0.2) is 34.5 Å². The third-order valence-electron chi connectivity index (χ3n) is 13.8. The zero-order chi connectivity index (χ0) is 52.8. The molecule has 9 aromatic rings. The largest absolute Gasteiger partial charge is 0.356 e. The van der Waals surface area contributed by atoms with Crippen LogP contribution in [0.3, 0.4) is 0 Å². The van der Waals surface area contributed by atoms with Gasteiger partial charge in [0.15, 0.2) is 41.5 Å². The molecule has 17 heteroatoms. The van der Waals surface area contributed by atoms with E-state index in [1.54, 1.807) is 24.8 Å². The molecule has 0 saturated heterocycles. The molecule has 0 aliphatic heterocycles. The Morgan fingerprint density at radius 2 is 1.08 bits per heavy atom. The number of nitrogens with zero attached hydrogens (tertiary/aromatic N) is 14. The summed E-state index contributed by atoms with van der Waals surface area (Å²) in [6, 6.07) is 19.3. The van der Waals surface area contributed by atoms with Gasteiger partial charge in [-0.3, -0.25) is 14.8 Å². The van der Waals surface area contributed by atoms with Crippen LogP contribution >= 0.6 is 0 Å². The molecule has 76 heavy (non-hydrogen) atoms. The van der Waals surface area contributed by atoms with E-state index in [-0.39, 0.29) is 25.7 Å². The number of hydrogen-bond donors (Lipinski definition) is 1. The average molecular weight is 1200 g/mol. The first-order valence-corrected chi connectivity index (χ1v) is 26.5. The van der Waals surface area contributed by atoms with Crippen molar-refractivity contribution in [3.63, 3.8) is 0 Å². The minimum atomic E-state index is 0. The summed E-state index contributed by atoms with van der Waals surface area (Å²) in [6.07, 6.45) is 40.7. The van der Waals surface area contributed by atoms with Crippen LogP contribution in [0.2, 0.25) is 0 Å². The summed E-state index contributed by atoms with van der Waals surface area (Å²) < 4.78 is 12.2. The molecular formula is C59H76N15OOs+. The first-order chi connectivity index (χ1) is 36.6. The summed E-state index contributed by atoms with van der Waals surface area (Å²) in [5.74, 6) is 6.04. The van der Waals surface area contributed by atoms with Gasteiger partial charge in [-0.15, -0.1) is 0 Å². The van der Waals surface area contributed by atoms with Crippen molar-refractivity contribution in [3.8, 4) is 34.8 Å². The topological polar surface area (TPSA) is 161 Å². The molecule has 0 radical (unpaired) electrons. The van der Waals surface area contributed by atoms with Crippen LogP contribution < -0.4 is 9.88 Å². The molecule has 16 nitrogen and oxygen atoms in total. The van der Waals surface area contributed by atoms with E-state index in [0.29, 0.717) is 24.2 Å². The fourth-order valence-corrected chi connectivity index (χ4v) is 9.40. The van der Waals surface area contributed by atoms with Crippen LogP contribution in [-0.2, 0) is 65.9 Å². The molecule has 1 N–H and O–H groups in total. The zero-order valence-electron chi connectivity index (χ0n) is 45.4. The minimum Gasteiger partial charge on any atom is -0.356 e. The average Bonchev–Trinajstić information content (AvgIpc) is 4.31. The van der Waals surface area contributed by atoms with E-state index in [1.807, 2.05) is 134 Å². The van der Waals surface area contributed by atoms with E-state index < -0.39 is 0 Å². The molecule has 400 valence electrons. The van der Waals surface area contributed by atoms with Crippen LogP contribution in [0.4, 0.5) is 0 Å². The van der Waals surface area contributed by atoms with Crippen molar-refractivity contribution in [1.29, 1.82) is 0 Å². The molecule has 0 saturated carbocycles. The van der Waals surface area contributed by atoms with Crippen LogP contribution in [0, 0.1) is 6.92 Å². The summed E-state index contributed by atoms with van der Waals surface area (Å²) in [5, 5.41) is 3.12. The smallest absolute Gasteiger partial charge is 0.219 e. The fraction of sp³-hybridized carbons (Fsp3) is 0.390. The second kappa shape index (κ2) is 30.3. The predicted molar refractivity (Wildman–Crippen MR) is 295 cm³/mol. The Morgan fingerprint density at radius 1 is 0.566 bits per heavy atom. The number of unbranched alkanes of at least 4 members (excludes halogenated alkanes) is 4. The van der Waals surface area contributed by atoms with Crippen molar-refractivity contribution in [2.45, 2.75) is 116 Å². The molecule has 3 unspecified atom stereocenters. The Balaban J connectivity index is 0.000000302. The maximum Gasteiger partial charge on any atom is 0.219 e. The Kier molecular flexibility index (Phi) is 23.2. The third-order valence-corrected chi connectivity index (χ3v) is 13.8. The molecule has 9 aromatic heterocycles. The second-order valence-corrected chi connectivity index (χ2v) is 19.4. The fourth-order valence-electron chi connectivity index (χ4n) is 9.40. The van der Waals surface area contributed by atoms with Gasteiger partial charge in [0, 0.05) is 178 Å². The second-order valence-electron chi connectivity index (χ2n) is 19.4. The summed E-state index contributed by atoms with van der Waals surface area (Å²) in [6.45, 7) is 9.23. The number of aryl methyl sites for hydroxylation is 7. The SMILES string of the molecule is CCC(CC(CC(C)c1ccncc1)c1ccncc1)c1cc[n+](CCCCC(=O)NCCCCCCn2ccnc2-c2cccc(C)n2)cc1.Cn1ccnc1-c1nccn1C.Cn1ccnc1-c1nccn1C.[Os]. The predicted octanol–water partition coefficient (Wildman–Crippen LogP) is 10.4. The van der Waals surface area contributed by atoms with Gasteiger partial charge in [0.1, 0.15) is 12.2 Å². The summed E-state index contributed by atoms with van der Waals surface area (Å²) in [7, 11) is 7.82. The Hall–Kier alpha value is -7.24. The van der Waals surface area contributed by atoms with Crippen molar-refractivity contribution in [2.75, 3.05) is 6.54 Å². The first kappa shape index (κ1) is 58.0. The maximum atomic E-state index is 12.4. The number of aromatic nitrogens is 14. The van der Waals surface area contributed by atoms with E-state index in [4.69, 9.17) is 0 Å². The number of pyridine rings is 4. The Bertz CT molecular complexity index is 2900. The number of nitrogens with one attached hydrogen (secondary N) is 1. The van der Waals surface area contributed by atoms with Gasteiger partial charge < -0.3 is 28.2 Å². The third kappa shape index (κ3) is 17.1. The number of imidazole rings is 5. The minimum absolute atomic E-state index is 0. The van der Waals surface area contributed by atoms with Gasteiger partial charge in [-0.05, 0) is 116 Å². The van der Waals surface area contributed by atoms with E-state index in [2.05, 4.69) is 117 Å². The van der Waals surface area contributed by atoms with Gasteiger partial charge in [0.05, 0.1) is 0 Å². The molecule has 0 aromatic carbocycles. The normalized spacial score (nSPS) is 12.1. The van der Waals surface area contributed by atoms with Crippen molar-refractivity contribution in [1.82, 2.24) is 68.0 Å². The van der Waals surface area contributed by atoms with Crippen molar-refractivity contribution >= 4 is 5.91 Å². The van der Waals surface area contributed by atoms with Crippen LogP contribution in [0.25, 0.3) is 34.8 Å². The molecule has 0 bridgehead atoms. The molecule has 9 rings (SSSR count). The van der Waals surface area contributed by atoms with Crippen LogP contribution in [0.15, 0.2) is 154 Å². The van der Waals surface area contributed by atoms with Gasteiger partial charge in [-0.1, -0.05) is 32.8 Å². The number of hydrogen-bond acceptors (Lipinski definition) is 9. The van der Waals surface area contributed by atoms with Gasteiger partial charge in [0.2, 0.25) is 5.91 Å². The van der Waals surface area contributed by atoms with Crippen molar-refractivity contribution in [3.05, 3.63) is 176 Å². The molecule has 0 aliphatic carbocycles. The summed E-state index contributed by atoms with van der Waals surface area (Å²) in [5.41, 5.74) is 6.03. The summed E-state index contributed by atoms with van der Waals surface area (Å²) in [4.78, 5) is 46.9. The van der Waals surface area contributed by atoms with E-state index in [9.17, 15) is 4.79 Å². The van der Waals surface area contributed by atoms with E-state index in [1.165, 1.54) is 16.7 Å². The molecule has 3 atom stereocenters. The maximum absolute atomic E-state index is 12.4. The van der Waals surface area contributed by atoms with Crippen LogP contribution in [0.1, 0.15) is 118 Å². The molecule has 0 spiro atoms. The van der Waals surface area contributed by atoms with Crippen LogP contribution in [0.5, 0.6) is 0 Å².